The smallest absolute Gasteiger partial charge is 0.318 e. The number of nitrogens with zero attached hydrogens (tertiary/aromatic N) is 1. The van der Waals surface area contributed by atoms with Crippen molar-refractivity contribution >= 4 is 23.4 Å². The molecule has 1 rings (SSSR count). The summed E-state index contributed by atoms with van der Waals surface area (Å²) >= 11 is 1.12. The lowest BCUT2D eigenvalue weighted by Crippen LogP contribution is -2.14. The molecule has 5 nitrogen and oxygen atoms in total. The minimum absolute atomic E-state index is 0.0192. The molecule has 1 atom stereocenters. The summed E-state index contributed by atoms with van der Waals surface area (Å²) in [7, 11) is 1.29. The van der Waals surface area contributed by atoms with Crippen molar-refractivity contribution in [3.8, 4) is 0 Å². The van der Waals surface area contributed by atoms with Gasteiger partial charge in [-0.15, -0.1) is 11.8 Å². The summed E-state index contributed by atoms with van der Waals surface area (Å²) in [6.45, 7) is 3.44. The van der Waals surface area contributed by atoms with Crippen molar-refractivity contribution in [2.24, 2.45) is 0 Å². The van der Waals surface area contributed by atoms with Crippen LogP contribution in [0.5, 0.6) is 0 Å². The number of nitro benzene ring substituents is 1. The molecule has 0 N–H and O–H groups in total. The summed E-state index contributed by atoms with van der Waals surface area (Å²) in [6, 6.07) is 4.92. The molecule has 1 aromatic carbocycles. The van der Waals surface area contributed by atoms with Gasteiger partial charge < -0.3 is 4.74 Å². The highest BCUT2D eigenvalue weighted by molar-refractivity contribution is 8.00. The fraction of sp³-hybridized carbons (Fsp3) is 0.364. The summed E-state index contributed by atoms with van der Waals surface area (Å²) < 4.78 is 4.58. The van der Waals surface area contributed by atoms with Gasteiger partial charge in [0, 0.05) is 6.07 Å². The Kier molecular flexibility index (Phi) is 4.51. The van der Waals surface area contributed by atoms with E-state index >= 15 is 0 Å². The second kappa shape index (κ2) is 5.67. The molecule has 17 heavy (non-hydrogen) atoms. The summed E-state index contributed by atoms with van der Waals surface area (Å²) in [5.41, 5.74) is 0.831. The first-order chi connectivity index (χ1) is 7.95. The quantitative estimate of drug-likeness (QED) is 0.358. The van der Waals surface area contributed by atoms with Gasteiger partial charge >= 0.3 is 5.97 Å². The van der Waals surface area contributed by atoms with Gasteiger partial charge in [0.15, 0.2) is 0 Å². The average Bonchev–Trinajstić information content (AvgIpc) is 2.29. The maximum Gasteiger partial charge on any atom is 0.318 e. The molecule has 0 bridgehead atoms. The highest BCUT2D eigenvalue weighted by Crippen LogP contribution is 2.33. The predicted octanol–water partition coefficient (Wildman–Crippen LogP) is 2.56. The van der Waals surface area contributed by atoms with Crippen LogP contribution in [0.4, 0.5) is 5.69 Å². The Morgan fingerprint density at radius 2 is 2.18 bits per heavy atom. The molecular formula is C11H13NO4S. The van der Waals surface area contributed by atoms with E-state index in [9.17, 15) is 14.9 Å². The third kappa shape index (κ3) is 3.45. The number of benzene rings is 1. The number of carbonyl (C=O) groups is 1. The Balaban J connectivity index is 2.98. The molecule has 0 unspecified atom stereocenters. The van der Waals surface area contributed by atoms with E-state index < -0.39 is 16.1 Å². The maximum absolute atomic E-state index is 11.3. The van der Waals surface area contributed by atoms with Crippen LogP contribution in [0.15, 0.2) is 23.1 Å². The largest absolute Gasteiger partial charge is 0.468 e. The molecule has 6 heteroatoms. The zero-order valence-electron chi connectivity index (χ0n) is 9.80. The van der Waals surface area contributed by atoms with Crippen molar-refractivity contribution < 1.29 is 14.5 Å². The van der Waals surface area contributed by atoms with Crippen LogP contribution in [-0.2, 0) is 9.53 Å². The number of hydrogen-bond acceptors (Lipinski definition) is 5. The molecule has 0 fully saturated rings. The molecule has 0 amide bonds. The number of rotatable bonds is 4. The fourth-order valence-corrected chi connectivity index (χ4v) is 2.25. The monoisotopic (exact) mass is 255 g/mol. The third-order valence-electron chi connectivity index (χ3n) is 2.15. The van der Waals surface area contributed by atoms with E-state index in [1.165, 1.54) is 13.2 Å². The topological polar surface area (TPSA) is 69.4 Å². The van der Waals surface area contributed by atoms with Crippen LogP contribution in [-0.4, -0.2) is 23.3 Å². The second-order valence-electron chi connectivity index (χ2n) is 3.51. The van der Waals surface area contributed by atoms with Gasteiger partial charge in [0.05, 0.1) is 16.9 Å². The zero-order chi connectivity index (χ0) is 13.0. The lowest BCUT2D eigenvalue weighted by Gasteiger charge is -2.09. The van der Waals surface area contributed by atoms with Gasteiger partial charge in [0.25, 0.3) is 5.69 Å². The van der Waals surface area contributed by atoms with E-state index in [-0.39, 0.29) is 5.69 Å². The number of carbonyl (C=O) groups excluding carboxylic acids is 1. The number of nitro groups is 1. The lowest BCUT2D eigenvalue weighted by molar-refractivity contribution is -0.387. The summed E-state index contributed by atoms with van der Waals surface area (Å²) in [5, 5.41) is 10.4. The molecule has 0 radical (unpaired) electrons. The van der Waals surface area contributed by atoms with Crippen LogP contribution in [0.3, 0.4) is 0 Å². The van der Waals surface area contributed by atoms with Crippen LogP contribution in [0, 0.1) is 17.0 Å². The van der Waals surface area contributed by atoms with Gasteiger partial charge in [-0.05, 0) is 25.5 Å². The van der Waals surface area contributed by atoms with E-state index in [0.717, 1.165) is 17.3 Å². The molecule has 0 spiro atoms. The van der Waals surface area contributed by atoms with Crippen molar-refractivity contribution in [3.05, 3.63) is 33.9 Å². The van der Waals surface area contributed by atoms with Gasteiger partial charge in [0.1, 0.15) is 5.25 Å². The maximum atomic E-state index is 11.3. The standard InChI is InChI=1S/C11H13NO4S/c1-7-4-5-10(9(6-7)12(14)15)17-8(2)11(13)16-3/h4-6,8H,1-3H3/t8-/m0/s1. The number of aryl methyl sites for hydroxylation is 1. The number of thioether (sulfide) groups is 1. The molecule has 1 aromatic rings. The van der Waals surface area contributed by atoms with E-state index in [4.69, 9.17) is 0 Å². The van der Waals surface area contributed by atoms with Crippen molar-refractivity contribution in [2.75, 3.05) is 7.11 Å². The molecule has 0 heterocycles. The van der Waals surface area contributed by atoms with Gasteiger partial charge in [-0.2, -0.15) is 0 Å². The van der Waals surface area contributed by atoms with E-state index in [1.807, 2.05) is 0 Å². The van der Waals surface area contributed by atoms with Crippen molar-refractivity contribution in [3.63, 3.8) is 0 Å². The van der Waals surface area contributed by atoms with Crippen LogP contribution in [0.1, 0.15) is 12.5 Å². The number of ether oxygens (including phenoxy) is 1. The normalized spacial score (nSPS) is 11.9. The minimum Gasteiger partial charge on any atom is -0.468 e. The number of esters is 1. The highest BCUT2D eigenvalue weighted by atomic mass is 32.2. The Labute approximate surface area is 103 Å². The zero-order valence-corrected chi connectivity index (χ0v) is 10.6. The van der Waals surface area contributed by atoms with Crippen molar-refractivity contribution in [2.45, 2.75) is 24.0 Å². The molecule has 0 aliphatic rings. The summed E-state index contributed by atoms with van der Waals surface area (Å²) in [4.78, 5) is 22.1. The Morgan fingerprint density at radius 3 is 2.71 bits per heavy atom. The lowest BCUT2D eigenvalue weighted by atomic mass is 10.2. The van der Waals surface area contributed by atoms with Crippen LogP contribution in [0.25, 0.3) is 0 Å². The molecule has 0 saturated carbocycles. The first-order valence-electron chi connectivity index (χ1n) is 4.95. The molecular weight excluding hydrogens is 242 g/mol. The SMILES string of the molecule is COC(=O)[C@H](C)Sc1ccc(C)cc1[N+](=O)[O-]. The molecule has 0 saturated heterocycles. The highest BCUT2D eigenvalue weighted by Gasteiger charge is 2.21. The van der Waals surface area contributed by atoms with Gasteiger partial charge in [-0.1, -0.05) is 6.07 Å². The Hall–Kier alpha value is -1.56. The summed E-state index contributed by atoms with van der Waals surface area (Å²) in [6.07, 6.45) is 0. The van der Waals surface area contributed by atoms with Crippen molar-refractivity contribution in [1.29, 1.82) is 0 Å². The van der Waals surface area contributed by atoms with Gasteiger partial charge in [0.2, 0.25) is 0 Å². The Bertz CT molecular complexity index is 447. The van der Waals surface area contributed by atoms with Crippen molar-refractivity contribution in [1.82, 2.24) is 0 Å². The average molecular weight is 255 g/mol. The first-order valence-corrected chi connectivity index (χ1v) is 5.83. The van der Waals surface area contributed by atoms with Crippen LogP contribution in [0.2, 0.25) is 0 Å². The van der Waals surface area contributed by atoms with Crippen LogP contribution < -0.4 is 0 Å². The fourth-order valence-electron chi connectivity index (χ4n) is 1.27. The molecule has 0 aliphatic carbocycles. The van der Waals surface area contributed by atoms with Crippen LogP contribution >= 0.6 is 11.8 Å². The third-order valence-corrected chi connectivity index (χ3v) is 3.29. The summed E-state index contributed by atoms with van der Waals surface area (Å²) in [5.74, 6) is -0.398. The van der Waals surface area contributed by atoms with Gasteiger partial charge in [-0.25, -0.2) is 0 Å². The Morgan fingerprint density at radius 1 is 1.53 bits per heavy atom. The minimum atomic E-state index is -0.471. The number of methoxy groups -OCH3 is 1. The second-order valence-corrected chi connectivity index (χ2v) is 4.89. The first kappa shape index (κ1) is 13.5. The van der Waals surface area contributed by atoms with E-state index in [1.54, 1.807) is 26.0 Å². The molecule has 0 aromatic heterocycles. The van der Waals surface area contributed by atoms with E-state index in [0.29, 0.717) is 4.90 Å². The van der Waals surface area contributed by atoms with Gasteiger partial charge in [-0.3, -0.25) is 14.9 Å². The number of hydrogen-bond donors (Lipinski definition) is 0. The molecule has 0 aliphatic heterocycles. The molecule has 92 valence electrons. The van der Waals surface area contributed by atoms with E-state index in [2.05, 4.69) is 4.74 Å². The predicted molar refractivity (Wildman–Crippen MR) is 65.2 cm³/mol.